The van der Waals surface area contributed by atoms with Crippen LogP contribution in [0.5, 0.6) is 0 Å². The molecule has 0 aliphatic carbocycles. The van der Waals surface area contributed by atoms with Crippen molar-refractivity contribution in [3.05, 3.63) is 75.3 Å². The normalized spacial score (nSPS) is 11.4. The second-order valence-corrected chi connectivity index (χ2v) is 8.46. The molecule has 0 aliphatic heterocycles. The smallest absolute Gasteiger partial charge is 0.258 e. The number of sulfonamides is 1. The van der Waals surface area contributed by atoms with Crippen LogP contribution in [0.2, 0.25) is 0 Å². The van der Waals surface area contributed by atoms with Crippen LogP contribution in [-0.2, 0) is 16.4 Å². The molecule has 0 radical (unpaired) electrons. The Morgan fingerprint density at radius 2 is 1.93 bits per heavy atom. The van der Waals surface area contributed by atoms with Gasteiger partial charge in [-0.25, -0.2) is 18.1 Å². The van der Waals surface area contributed by atoms with Crippen LogP contribution in [0.15, 0.2) is 58.8 Å². The maximum Gasteiger partial charge on any atom is 0.270 e. The van der Waals surface area contributed by atoms with Crippen LogP contribution in [-0.4, -0.2) is 24.9 Å². The van der Waals surface area contributed by atoms with E-state index in [9.17, 15) is 18.5 Å². The number of hydrogen-bond acceptors (Lipinski definition) is 6. The minimum atomic E-state index is -3.84. The molecule has 7 nitrogen and oxygen atoms in total. The minimum absolute atomic E-state index is 0.0834. The molecule has 1 aromatic heterocycles. The molecule has 0 atom stereocenters. The lowest BCUT2D eigenvalue weighted by atomic mass is 10.2. The number of non-ortho nitro benzene ring substituents is 1. The lowest BCUT2D eigenvalue weighted by Gasteiger charge is -2.08. The molecule has 27 heavy (non-hydrogen) atoms. The van der Waals surface area contributed by atoms with E-state index in [0.717, 1.165) is 22.3 Å². The quantitative estimate of drug-likeness (QED) is 0.480. The molecule has 3 aromatic rings. The second-order valence-electron chi connectivity index (χ2n) is 5.86. The van der Waals surface area contributed by atoms with E-state index in [1.54, 1.807) is 6.92 Å². The molecular weight excluding hydrogens is 386 g/mol. The van der Waals surface area contributed by atoms with Crippen molar-refractivity contribution in [1.29, 1.82) is 0 Å². The first-order valence-electron chi connectivity index (χ1n) is 8.11. The summed E-state index contributed by atoms with van der Waals surface area (Å²) in [6.07, 6.45) is 0.427. The Morgan fingerprint density at radius 1 is 1.19 bits per heavy atom. The molecule has 0 aliphatic rings. The molecule has 1 N–H and O–H groups in total. The third kappa shape index (κ3) is 4.57. The van der Waals surface area contributed by atoms with Gasteiger partial charge in [-0.1, -0.05) is 36.4 Å². The molecule has 0 spiro atoms. The molecule has 140 valence electrons. The van der Waals surface area contributed by atoms with Crippen LogP contribution >= 0.6 is 11.3 Å². The van der Waals surface area contributed by atoms with Crippen molar-refractivity contribution in [2.75, 3.05) is 6.54 Å². The minimum Gasteiger partial charge on any atom is -0.258 e. The fourth-order valence-corrected chi connectivity index (χ4v) is 4.67. The van der Waals surface area contributed by atoms with Gasteiger partial charge in [-0.2, -0.15) is 0 Å². The van der Waals surface area contributed by atoms with E-state index < -0.39 is 14.9 Å². The number of aromatic nitrogens is 1. The number of nitro benzene ring substituents is 1. The Labute approximate surface area is 160 Å². The van der Waals surface area contributed by atoms with Crippen LogP contribution in [0.25, 0.3) is 10.6 Å². The molecule has 1 heterocycles. The van der Waals surface area contributed by atoms with Crippen molar-refractivity contribution in [3.8, 4) is 10.6 Å². The van der Waals surface area contributed by atoms with Crippen LogP contribution in [0.1, 0.15) is 11.3 Å². The zero-order valence-corrected chi connectivity index (χ0v) is 16.1. The predicted molar refractivity (Wildman–Crippen MR) is 104 cm³/mol. The van der Waals surface area contributed by atoms with Gasteiger partial charge in [0.05, 0.1) is 15.5 Å². The Morgan fingerprint density at radius 3 is 2.63 bits per heavy atom. The van der Waals surface area contributed by atoms with Crippen molar-refractivity contribution < 1.29 is 13.3 Å². The summed E-state index contributed by atoms with van der Waals surface area (Å²) in [5.74, 6) is 0. The van der Waals surface area contributed by atoms with E-state index in [-0.39, 0.29) is 17.1 Å². The number of hydrogen-bond donors (Lipinski definition) is 1. The number of thiazole rings is 1. The van der Waals surface area contributed by atoms with Crippen LogP contribution in [0, 0.1) is 17.0 Å². The monoisotopic (exact) mass is 403 g/mol. The van der Waals surface area contributed by atoms with Crippen molar-refractivity contribution in [1.82, 2.24) is 9.71 Å². The Hall–Kier alpha value is -2.62. The van der Waals surface area contributed by atoms with Crippen molar-refractivity contribution in [2.45, 2.75) is 18.2 Å². The topological polar surface area (TPSA) is 102 Å². The predicted octanol–water partition coefficient (Wildman–Crippen LogP) is 3.55. The SMILES string of the molecule is Cc1ccc([N+](=O)[O-])cc1S(=O)(=O)NCCc1csc(-c2ccccc2)n1. The first-order valence-corrected chi connectivity index (χ1v) is 10.5. The van der Waals surface area contributed by atoms with Gasteiger partial charge in [-0.05, 0) is 12.5 Å². The maximum atomic E-state index is 12.5. The van der Waals surface area contributed by atoms with Gasteiger partial charge in [-0.3, -0.25) is 10.1 Å². The number of nitrogens with one attached hydrogen (secondary N) is 1. The second kappa shape index (κ2) is 7.95. The first kappa shape index (κ1) is 19.2. The van der Waals surface area contributed by atoms with E-state index in [4.69, 9.17) is 0 Å². The van der Waals surface area contributed by atoms with Gasteiger partial charge in [0, 0.05) is 36.0 Å². The number of nitrogens with zero attached hydrogens (tertiary/aromatic N) is 2. The number of rotatable bonds is 7. The Bertz CT molecular complexity index is 1060. The lowest BCUT2D eigenvalue weighted by Crippen LogP contribution is -2.26. The zero-order valence-electron chi connectivity index (χ0n) is 14.5. The summed E-state index contributed by atoms with van der Waals surface area (Å²) in [5, 5.41) is 13.7. The largest absolute Gasteiger partial charge is 0.270 e. The highest BCUT2D eigenvalue weighted by Crippen LogP contribution is 2.24. The van der Waals surface area contributed by atoms with E-state index in [2.05, 4.69) is 9.71 Å². The molecule has 0 amide bonds. The Balaban J connectivity index is 1.68. The summed E-state index contributed by atoms with van der Waals surface area (Å²) in [6, 6.07) is 13.5. The third-order valence-corrected chi connectivity index (χ3v) is 6.46. The van der Waals surface area contributed by atoms with Gasteiger partial charge in [0.25, 0.3) is 5.69 Å². The van der Waals surface area contributed by atoms with Gasteiger partial charge in [0.1, 0.15) is 5.01 Å². The molecule has 9 heteroatoms. The fourth-order valence-electron chi connectivity index (χ4n) is 2.52. The van der Waals surface area contributed by atoms with Gasteiger partial charge >= 0.3 is 0 Å². The van der Waals surface area contributed by atoms with Gasteiger partial charge in [0.15, 0.2) is 0 Å². The highest BCUT2D eigenvalue weighted by molar-refractivity contribution is 7.89. The maximum absolute atomic E-state index is 12.5. The zero-order chi connectivity index (χ0) is 19.4. The van der Waals surface area contributed by atoms with E-state index in [0.29, 0.717) is 12.0 Å². The molecule has 0 bridgehead atoms. The summed E-state index contributed by atoms with van der Waals surface area (Å²) in [5.41, 5.74) is 2.00. The average Bonchev–Trinajstić information content (AvgIpc) is 3.11. The molecule has 3 rings (SSSR count). The van der Waals surface area contributed by atoms with Crippen LogP contribution in [0.3, 0.4) is 0 Å². The molecule has 0 saturated carbocycles. The van der Waals surface area contributed by atoms with E-state index >= 15 is 0 Å². The van der Waals surface area contributed by atoms with Gasteiger partial charge in [0.2, 0.25) is 10.0 Å². The van der Waals surface area contributed by atoms with Gasteiger partial charge in [-0.15, -0.1) is 11.3 Å². The van der Waals surface area contributed by atoms with Crippen LogP contribution in [0.4, 0.5) is 5.69 Å². The highest BCUT2D eigenvalue weighted by atomic mass is 32.2. The summed E-state index contributed by atoms with van der Waals surface area (Å²) in [6.45, 7) is 1.76. The Kier molecular flexibility index (Phi) is 5.64. The third-order valence-electron chi connectivity index (χ3n) is 3.92. The first-order chi connectivity index (χ1) is 12.9. The number of aryl methyl sites for hydroxylation is 1. The van der Waals surface area contributed by atoms with E-state index in [1.165, 1.54) is 23.5 Å². The van der Waals surface area contributed by atoms with Crippen LogP contribution < -0.4 is 4.72 Å². The molecular formula is C18H17N3O4S2. The summed E-state index contributed by atoms with van der Waals surface area (Å²) in [4.78, 5) is 14.7. The van der Waals surface area contributed by atoms with Crippen molar-refractivity contribution in [3.63, 3.8) is 0 Å². The molecule has 0 unspecified atom stereocenters. The van der Waals surface area contributed by atoms with E-state index in [1.807, 2.05) is 35.7 Å². The molecule has 2 aromatic carbocycles. The van der Waals surface area contributed by atoms with Crippen molar-refractivity contribution in [2.24, 2.45) is 0 Å². The number of nitro groups is 1. The standard InChI is InChI=1S/C18H17N3O4S2/c1-13-7-8-16(21(22)23)11-17(13)27(24,25)19-10-9-15-12-26-18(20-15)14-5-3-2-4-6-14/h2-8,11-12,19H,9-10H2,1H3. The summed E-state index contributed by atoms with van der Waals surface area (Å²) < 4.78 is 27.5. The molecule has 0 fully saturated rings. The fraction of sp³-hybridized carbons (Fsp3) is 0.167. The average molecular weight is 403 g/mol. The van der Waals surface area contributed by atoms with Gasteiger partial charge < -0.3 is 0 Å². The molecule has 0 saturated heterocycles. The number of benzene rings is 2. The van der Waals surface area contributed by atoms with Crippen molar-refractivity contribution >= 4 is 27.0 Å². The lowest BCUT2D eigenvalue weighted by molar-refractivity contribution is -0.385. The summed E-state index contributed by atoms with van der Waals surface area (Å²) >= 11 is 1.50. The highest BCUT2D eigenvalue weighted by Gasteiger charge is 2.20. The summed E-state index contributed by atoms with van der Waals surface area (Å²) in [7, 11) is -3.84.